The number of para-hydroxylation sites is 1. The van der Waals surface area contributed by atoms with Crippen molar-refractivity contribution < 1.29 is 4.42 Å². The first-order chi connectivity index (χ1) is 32.7. The lowest BCUT2D eigenvalue weighted by Crippen LogP contribution is -1.95. The van der Waals surface area contributed by atoms with Gasteiger partial charge < -0.3 is 8.98 Å². The summed E-state index contributed by atoms with van der Waals surface area (Å²) in [6.07, 6.45) is 0. The van der Waals surface area contributed by atoms with Crippen LogP contribution in [0.3, 0.4) is 0 Å². The van der Waals surface area contributed by atoms with E-state index in [9.17, 15) is 0 Å². The molecule has 66 heavy (non-hydrogen) atoms. The molecule has 0 spiro atoms. The van der Waals surface area contributed by atoms with E-state index in [2.05, 4.69) is 235 Å². The van der Waals surface area contributed by atoms with Gasteiger partial charge in [-0.1, -0.05) is 182 Å². The van der Waals surface area contributed by atoms with E-state index in [1.807, 2.05) is 12.1 Å². The molecule has 0 bridgehead atoms. The van der Waals surface area contributed by atoms with Crippen LogP contribution in [0.5, 0.6) is 0 Å². The normalized spacial score (nSPS) is 11.6. The smallest absolute Gasteiger partial charge is 0.135 e. The lowest BCUT2D eigenvalue weighted by atomic mass is 9.97. The largest absolute Gasteiger partial charge is 0.456 e. The summed E-state index contributed by atoms with van der Waals surface area (Å²) in [4.78, 5) is 5.35. The minimum absolute atomic E-state index is 0.903. The molecule has 0 N–H and O–H groups in total. The highest BCUT2D eigenvalue weighted by Crippen LogP contribution is 2.41. The van der Waals surface area contributed by atoms with E-state index in [-0.39, 0.29) is 0 Å². The van der Waals surface area contributed by atoms with E-state index in [1.165, 1.54) is 54.9 Å². The Hall–Kier alpha value is -8.79. The molecule has 3 heteroatoms. The zero-order valence-corrected chi connectivity index (χ0v) is 35.9. The van der Waals surface area contributed by atoms with E-state index in [4.69, 9.17) is 9.40 Å². The fourth-order valence-corrected chi connectivity index (χ4v) is 9.88. The average molecular weight is 841 g/mol. The van der Waals surface area contributed by atoms with E-state index < -0.39 is 0 Å². The third-order valence-electron chi connectivity index (χ3n) is 13.2. The fourth-order valence-electron chi connectivity index (χ4n) is 9.88. The molecule has 10 aromatic carbocycles. The Morgan fingerprint density at radius 2 is 0.758 bits per heavy atom. The summed E-state index contributed by atoms with van der Waals surface area (Å²) < 4.78 is 8.60. The molecular weight excluding hydrogens is 801 g/mol. The quantitative estimate of drug-likeness (QED) is 0.160. The summed E-state index contributed by atoms with van der Waals surface area (Å²) in [6.45, 7) is 0. The van der Waals surface area contributed by atoms with Gasteiger partial charge in [0.05, 0.1) is 22.4 Å². The van der Waals surface area contributed by atoms with Gasteiger partial charge in [-0.3, -0.25) is 0 Å². The fraction of sp³-hybridized carbons (Fsp3) is 0. The topological polar surface area (TPSA) is 31.0 Å². The number of benzene rings is 10. The van der Waals surface area contributed by atoms with Crippen LogP contribution >= 0.6 is 0 Å². The highest BCUT2D eigenvalue weighted by atomic mass is 16.3. The molecule has 13 aromatic rings. The standard InChI is InChI=1S/C63H40N2O/c1-3-11-41(12-4-1)43-19-21-45(22-20-43)51-39-57(47-25-23-44(24-26-47)42-13-5-2-6-14-42)64-58(40-51)48-27-32-52(33-28-48)65-59-34-30-49(38-56(59)63-53-16-8-7-15-46(53)29-35-60(63)65)50-31-36-62-55(37-50)54-17-9-10-18-61(54)66-62/h1-40H. The van der Waals surface area contributed by atoms with Gasteiger partial charge in [-0.25, -0.2) is 4.98 Å². The molecule has 0 aliphatic carbocycles. The monoisotopic (exact) mass is 840 g/mol. The van der Waals surface area contributed by atoms with Gasteiger partial charge in [-0.15, -0.1) is 0 Å². The van der Waals surface area contributed by atoms with Gasteiger partial charge in [0.15, 0.2) is 0 Å². The van der Waals surface area contributed by atoms with Crippen LogP contribution in [-0.2, 0) is 0 Å². The average Bonchev–Trinajstić information content (AvgIpc) is 3.94. The van der Waals surface area contributed by atoms with Gasteiger partial charge >= 0.3 is 0 Å². The lowest BCUT2D eigenvalue weighted by molar-refractivity contribution is 0.669. The summed E-state index contributed by atoms with van der Waals surface area (Å²) in [7, 11) is 0. The Labute approximate surface area is 382 Å². The van der Waals surface area contributed by atoms with Crippen molar-refractivity contribution in [1.29, 1.82) is 0 Å². The SMILES string of the molecule is c1ccc(-c2ccc(-c3cc(-c4ccc(-c5ccccc5)cc4)nc(-c4ccc(-n5c6ccc(-c7ccc8oc9ccccc9c8c7)cc6c6c7ccccc7ccc65)cc4)c3)cc2)cc1. The zero-order valence-electron chi connectivity index (χ0n) is 35.9. The van der Waals surface area contributed by atoms with Gasteiger partial charge in [0.1, 0.15) is 11.2 Å². The van der Waals surface area contributed by atoms with Crippen molar-refractivity contribution >= 4 is 54.5 Å². The maximum absolute atomic E-state index is 6.19. The Kier molecular flexibility index (Phi) is 8.85. The minimum Gasteiger partial charge on any atom is -0.456 e. The summed E-state index contributed by atoms with van der Waals surface area (Å²) in [5, 5.41) is 7.20. The van der Waals surface area contributed by atoms with Crippen LogP contribution in [0.25, 0.3) is 127 Å². The maximum Gasteiger partial charge on any atom is 0.135 e. The molecule has 0 unspecified atom stereocenters. The Morgan fingerprint density at radius 3 is 1.42 bits per heavy atom. The summed E-state index contributed by atoms with van der Waals surface area (Å²) in [5.41, 5.74) is 18.6. The molecule has 0 saturated heterocycles. The second kappa shape index (κ2) is 15.5. The van der Waals surface area contributed by atoms with Crippen LogP contribution in [0.1, 0.15) is 0 Å². The van der Waals surface area contributed by atoms with Gasteiger partial charge in [0, 0.05) is 38.4 Å². The molecule has 308 valence electrons. The number of hydrogen-bond donors (Lipinski definition) is 0. The second-order valence-electron chi connectivity index (χ2n) is 17.1. The third-order valence-corrected chi connectivity index (χ3v) is 13.2. The van der Waals surface area contributed by atoms with Gasteiger partial charge in [0.25, 0.3) is 0 Å². The summed E-state index contributed by atoms with van der Waals surface area (Å²) in [6, 6.07) is 87.1. The third kappa shape index (κ3) is 6.48. The highest BCUT2D eigenvalue weighted by Gasteiger charge is 2.18. The molecule has 0 aliphatic rings. The maximum atomic E-state index is 6.19. The van der Waals surface area contributed by atoms with Crippen molar-refractivity contribution in [2.24, 2.45) is 0 Å². The minimum atomic E-state index is 0.903. The van der Waals surface area contributed by atoms with Gasteiger partial charge in [-0.2, -0.15) is 0 Å². The van der Waals surface area contributed by atoms with Gasteiger partial charge in [-0.05, 0) is 116 Å². The number of aromatic nitrogens is 2. The number of hydrogen-bond acceptors (Lipinski definition) is 2. The van der Waals surface area contributed by atoms with Crippen LogP contribution in [0.4, 0.5) is 0 Å². The van der Waals surface area contributed by atoms with Crippen LogP contribution in [0.15, 0.2) is 247 Å². The van der Waals surface area contributed by atoms with Crippen molar-refractivity contribution in [1.82, 2.24) is 9.55 Å². The van der Waals surface area contributed by atoms with E-state index in [0.29, 0.717) is 0 Å². The number of rotatable bonds is 7. The first-order valence-electron chi connectivity index (χ1n) is 22.5. The molecule has 0 atom stereocenters. The number of pyridine rings is 1. The van der Waals surface area contributed by atoms with Crippen molar-refractivity contribution in [3.8, 4) is 72.7 Å². The molecule has 0 fully saturated rings. The van der Waals surface area contributed by atoms with Crippen molar-refractivity contribution in [2.75, 3.05) is 0 Å². The second-order valence-corrected chi connectivity index (χ2v) is 17.1. The lowest BCUT2D eigenvalue weighted by Gasteiger charge is -2.13. The first kappa shape index (κ1) is 37.7. The van der Waals surface area contributed by atoms with E-state index in [0.717, 1.165) is 72.3 Å². The Bertz CT molecular complexity index is 3840. The van der Waals surface area contributed by atoms with Crippen LogP contribution in [0, 0.1) is 0 Å². The molecule has 13 rings (SSSR count). The Morgan fingerprint density at radius 1 is 0.288 bits per heavy atom. The molecule has 0 radical (unpaired) electrons. The molecule has 0 aliphatic heterocycles. The van der Waals surface area contributed by atoms with E-state index >= 15 is 0 Å². The Balaban J connectivity index is 0.923. The molecule has 3 heterocycles. The van der Waals surface area contributed by atoms with Gasteiger partial charge in [0.2, 0.25) is 0 Å². The van der Waals surface area contributed by atoms with Crippen molar-refractivity contribution in [3.63, 3.8) is 0 Å². The molecular formula is C63H40N2O. The summed E-state index contributed by atoms with van der Waals surface area (Å²) >= 11 is 0. The molecule has 3 nitrogen and oxygen atoms in total. The van der Waals surface area contributed by atoms with Crippen LogP contribution in [-0.4, -0.2) is 9.55 Å². The van der Waals surface area contributed by atoms with Crippen LogP contribution < -0.4 is 0 Å². The molecule has 0 saturated carbocycles. The van der Waals surface area contributed by atoms with E-state index in [1.54, 1.807) is 0 Å². The zero-order chi connectivity index (χ0) is 43.6. The molecule has 3 aromatic heterocycles. The summed E-state index contributed by atoms with van der Waals surface area (Å²) in [5.74, 6) is 0. The van der Waals surface area contributed by atoms with Crippen molar-refractivity contribution in [2.45, 2.75) is 0 Å². The first-order valence-corrected chi connectivity index (χ1v) is 22.5. The molecule has 0 amide bonds. The predicted octanol–water partition coefficient (Wildman–Crippen LogP) is 17.2. The number of furan rings is 1. The number of nitrogens with zero attached hydrogens (tertiary/aromatic N) is 2. The van der Waals surface area contributed by atoms with Crippen LogP contribution in [0.2, 0.25) is 0 Å². The highest BCUT2D eigenvalue weighted by molar-refractivity contribution is 6.22. The predicted molar refractivity (Wildman–Crippen MR) is 276 cm³/mol. The number of fused-ring (bicyclic) bond motifs is 8. The van der Waals surface area contributed by atoms with Crippen molar-refractivity contribution in [3.05, 3.63) is 243 Å².